The third-order valence-corrected chi connectivity index (χ3v) is 2.14. The van der Waals surface area contributed by atoms with E-state index in [0.717, 1.165) is 6.54 Å². The molecule has 0 unspecified atom stereocenters. The first-order chi connectivity index (χ1) is 7.52. The summed E-state index contributed by atoms with van der Waals surface area (Å²) in [5, 5.41) is 0. The molecule has 0 aliphatic heterocycles. The molecule has 0 saturated heterocycles. The number of hydrogen-bond donors (Lipinski definition) is 0. The molecule has 0 radical (unpaired) electrons. The van der Waals surface area contributed by atoms with Gasteiger partial charge in [0.25, 0.3) is 0 Å². The van der Waals surface area contributed by atoms with Crippen LogP contribution in [0.5, 0.6) is 0 Å². The summed E-state index contributed by atoms with van der Waals surface area (Å²) < 4.78 is 15.7. The highest BCUT2D eigenvalue weighted by Crippen LogP contribution is 1.98. The number of carbonyl (C=O) groups is 1. The average molecular weight is 234 g/mol. The smallest absolute Gasteiger partial charge is 0.361 e. The number of esters is 1. The highest BCUT2D eigenvalue weighted by atomic mass is 16.5. The van der Waals surface area contributed by atoms with Crippen LogP contribution >= 0.6 is 0 Å². The first-order valence-corrected chi connectivity index (χ1v) is 5.56. The van der Waals surface area contributed by atoms with Crippen molar-refractivity contribution in [1.82, 2.24) is 0 Å². The van der Waals surface area contributed by atoms with Crippen LogP contribution < -0.4 is 0 Å². The summed E-state index contributed by atoms with van der Waals surface area (Å²) in [6.45, 7) is 5.22. The number of carbonyl (C=O) groups excluding carboxylic acids is 1. The van der Waals surface area contributed by atoms with Crippen molar-refractivity contribution < 1.29 is 23.5 Å². The zero-order chi connectivity index (χ0) is 12.4. The van der Waals surface area contributed by atoms with E-state index in [1.54, 1.807) is 7.11 Å². The van der Waals surface area contributed by atoms with E-state index in [1.807, 2.05) is 21.0 Å². The largest absolute Gasteiger partial charge is 0.462 e. The Morgan fingerprint density at radius 2 is 1.88 bits per heavy atom. The van der Waals surface area contributed by atoms with E-state index in [1.165, 1.54) is 0 Å². The molecule has 0 aliphatic rings. The molecule has 16 heavy (non-hydrogen) atoms. The molecule has 0 heterocycles. The maximum absolute atomic E-state index is 11.3. The van der Waals surface area contributed by atoms with Gasteiger partial charge in [-0.05, 0) is 6.92 Å². The van der Waals surface area contributed by atoms with Gasteiger partial charge in [-0.3, -0.25) is 0 Å². The Bertz CT molecular complexity index is 194. The number of nitrogens with zero attached hydrogens (tertiary/aromatic N) is 1. The normalized spacial score (nSPS) is 11.5. The van der Waals surface area contributed by atoms with E-state index in [2.05, 4.69) is 0 Å². The quantitative estimate of drug-likeness (QED) is 0.327. The SMILES string of the molecule is CCOC(=O)C[N+](C)(C)CCOCCOC. The first kappa shape index (κ1) is 15.3. The highest BCUT2D eigenvalue weighted by Gasteiger charge is 2.20. The predicted octanol–water partition coefficient (Wildman–Crippen LogP) is 0.289. The molecule has 0 aromatic carbocycles. The summed E-state index contributed by atoms with van der Waals surface area (Å²) in [6, 6.07) is 0. The van der Waals surface area contributed by atoms with Crippen LogP contribution in [0.25, 0.3) is 0 Å². The van der Waals surface area contributed by atoms with Crippen molar-refractivity contribution in [3.63, 3.8) is 0 Å². The van der Waals surface area contributed by atoms with Crippen LogP contribution in [0.3, 0.4) is 0 Å². The number of quaternary nitrogens is 1. The van der Waals surface area contributed by atoms with Gasteiger partial charge in [-0.25, -0.2) is 4.79 Å². The third kappa shape index (κ3) is 8.64. The van der Waals surface area contributed by atoms with E-state index >= 15 is 0 Å². The van der Waals surface area contributed by atoms with Crippen molar-refractivity contribution in [2.24, 2.45) is 0 Å². The minimum atomic E-state index is -0.163. The van der Waals surface area contributed by atoms with Gasteiger partial charge in [0.15, 0.2) is 6.54 Å². The molecule has 0 amide bonds. The molecule has 0 rings (SSSR count). The van der Waals surface area contributed by atoms with Gasteiger partial charge in [-0.15, -0.1) is 0 Å². The van der Waals surface area contributed by atoms with Crippen LogP contribution in [-0.4, -0.2) is 71.2 Å². The second kappa shape index (κ2) is 8.50. The molecule has 5 nitrogen and oxygen atoms in total. The molecular weight excluding hydrogens is 210 g/mol. The van der Waals surface area contributed by atoms with E-state index in [9.17, 15) is 4.79 Å². The second-order valence-corrected chi connectivity index (χ2v) is 4.23. The third-order valence-electron chi connectivity index (χ3n) is 2.14. The summed E-state index contributed by atoms with van der Waals surface area (Å²) in [6.07, 6.45) is 0. The Hall–Kier alpha value is -0.650. The molecule has 5 heteroatoms. The van der Waals surface area contributed by atoms with E-state index in [0.29, 0.717) is 37.5 Å². The van der Waals surface area contributed by atoms with Crippen molar-refractivity contribution in [3.05, 3.63) is 0 Å². The Morgan fingerprint density at radius 1 is 1.19 bits per heavy atom. The highest BCUT2D eigenvalue weighted by molar-refractivity contribution is 5.70. The van der Waals surface area contributed by atoms with Crippen LogP contribution in [0.15, 0.2) is 0 Å². The Morgan fingerprint density at radius 3 is 2.44 bits per heavy atom. The van der Waals surface area contributed by atoms with Crippen molar-refractivity contribution in [2.75, 3.05) is 60.7 Å². The van der Waals surface area contributed by atoms with Gasteiger partial charge in [0.2, 0.25) is 0 Å². The molecule has 0 spiro atoms. The van der Waals surface area contributed by atoms with E-state index in [4.69, 9.17) is 14.2 Å². The lowest BCUT2D eigenvalue weighted by Crippen LogP contribution is -2.46. The maximum Gasteiger partial charge on any atom is 0.361 e. The summed E-state index contributed by atoms with van der Waals surface area (Å²) in [5.74, 6) is -0.163. The average Bonchev–Trinajstić information content (AvgIpc) is 2.16. The summed E-state index contributed by atoms with van der Waals surface area (Å²) >= 11 is 0. The zero-order valence-electron chi connectivity index (χ0n) is 10.8. The van der Waals surface area contributed by atoms with Crippen molar-refractivity contribution in [3.8, 4) is 0 Å². The lowest BCUT2D eigenvalue weighted by atomic mass is 10.4. The molecule has 0 aromatic rings. The van der Waals surface area contributed by atoms with Gasteiger partial charge in [0, 0.05) is 7.11 Å². The Balaban J connectivity index is 3.65. The van der Waals surface area contributed by atoms with Crippen LogP contribution in [0.2, 0.25) is 0 Å². The van der Waals surface area contributed by atoms with Gasteiger partial charge in [-0.1, -0.05) is 0 Å². The minimum Gasteiger partial charge on any atom is -0.462 e. The number of ether oxygens (including phenoxy) is 3. The van der Waals surface area contributed by atoms with Gasteiger partial charge < -0.3 is 18.7 Å². The molecule has 0 bridgehead atoms. The minimum absolute atomic E-state index is 0.163. The lowest BCUT2D eigenvalue weighted by Gasteiger charge is -2.28. The van der Waals surface area contributed by atoms with Crippen molar-refractivity contribution in [2.45, 2.75) is 6.92 Å². The predicted molar refractivity (Wildman–Crippen MR) is 61.2 cm³/mol. The molecule has 0 N–H and O–H groups in total. The van der Waals surface area contributed by atoms with Gasteiger partial charge in [-0.2, -0.15) is 0 Å². The molecule has 96 valence electrons. The Labute approximate surface area is 97.9 Å². The molecule has 0 aromatic heterocycles. The van der Waals surface area contributed by atoms with Crippen molar-refractivity contribution in [1.29, 1.82) is 0 Å². The Kier molecular flexibility index (Phi) is 8.15. The summed E-state index contributed by atoms with van der Waals surface area (Å²) in [4.78, 5) is 11.3. The van der Waals surface area contributed by atoms with Crippen LogP contribution in [0.4, 0.5) is 0 Å². The number of methoxy groups -OCH3 is 1. The molecule has 0 saturated carbocycles. The number of rotatable bonds is 9. The molecular formula is C11H24NO4+. The topological polar surface area (TPSA) is 44.8 Å². The monoisotopic (exact) mass is 234 g/mol. The van der Waals surface area contributed by atoms with Crippen LogP contribution in [0.1, 0.15) is 6.92 Å². The number of hydrogen-bond acceptors (Lipinski definition) is 4. The van der Waals surface area contributed by atoms with E-state index < -0.39 is 0 Å². The van der Waals surface area contributed by atoms with Crippen molar-refractivity contribution >= 4 is 5.97 Å². The second-order valence-electron chi connectivity index (χ2n) is 4.23. The zero-order valence-corrected chi connectivity index (χ0v) is 10.8. The van der Waals surface area contributed by atoms with E-state index in [-0.39, 0.29) is 5.97 Å². The van der Waals surface area contributed by atoms with Crippen LogP contribution in [0, 0.1) is 0 Å². The standard InChI is InChI=1S/C11H24NO4/c1-5-16-11(13)10-12(2,3)6-7-15-9-8-14-4/h5-10H2,1-4H3/q+1. The summed E-state index contributed by atoms with van der Waals surface area (Å²) in [7, 11) is 5.61. The molecule has 0 fully saturated rings. The first-order valence-electron chi connectivity index (χ1n) is 5.56. The number of likely N-dealkylation sites (N-methyl/N-ethyl adjacent to an activating group) is 1. The van der Waals surface area contributed by atoms with Gasteiger partial charge in [0.1, 0.15) is 6.54 Å². The fourth-order valence-electron chi connectivity index (χ4n) is 1.19. The van der Waals surface area contributed by atoms with Gasteiger partial charge >= 0.3 is 5.97 Å². The maximum atomic E-state index is 11.3. The molecule has 0 atom stereocenters. The summed E-state index contributed by atoms with van der Waals surface area (Å²) in [5.41, 5.74) is 0. The fraction of sp³-hybridized carbons (Fsp3) is 0.909. The van der Waals surface area contributed by atoms with Gasteiger partial charge in [0.05, 0.1) is 40.5 Å². The van der Waals surface area contributed by atoms with Crippen LogP contribution in [-0.2, 0) is 19.0 Å². The fourth-order valence-corrected chi connectivity index (χ4v) is 1.19. The lowest BCUT2D eigenvalue weighted by molar-refractivity contribution is -0.883. The molecule has 0 aliphatic carbocycles.